The Bertz CT molecular complexity index is 1310. The molecule has 0 saturated carbocycles. The number of allylic oxidation sites excluding steroid dienone is 1. The quantitative estimate of drug-likeness (QED) is 0.405. The van der Waals surface area contributed by atoms with Crippen molar-refractivity contribution in [3.05, 3.63) is 105 Å². The number of methoxy groups -OCH3 is 1. The van der Waals surface area contributed by atoms with Crippen LogP contribution in [0.3, 0.4) is 0 Å². The topological polar surface area (TPSA) is 112 Å². The summed E-state index contributed by atoms with van der Waals surface area (Å²) in [5.41, 5.74) is 8.48. The number of carbonyl (C=O) groups excluding carboxylic acids is 2. The smallest absolute Gasteiger partial charge is 0.343 e. The first-order valence-corrected chi connectivity index (χ1v) is 10.6. The highest BCUT2D eigenvalue weighted by Crippen LogP contribution is 2.43. The molecule has 2 N–H and O–H groups in total. The van der Waals surface area contributed by atoms with E-state index in [0.717, 1.165) is 10.0 Å². The summed E-state index contributed by atoms with van der Waals surface area (Å²) < 4.78 is 16.7. The molecule has 1 aliphatic rings. The van der Waals surface area contributed by atoms with Crippen LogP contribution in [-0.4, -0.2) is 19.0 Å². The van der Waals surface area contributed by atoms with Crippen LogP contribution in [0.15, 0.2) is 82.7 Å². The fourth-order valence-corrected chi connectivity index (χ4v) is 3.79. The van der Waals surface area contributed by atoms with Gasteiger partial charge in [-0.15, -0.1) is 0 Å². The molecule has 7 nitrogen and oxygen atoms in total. The van der Waals surface area contributed by atoms with Gasteiger partial charge in [-0.05, 0) is 48.0 Å². The van der Waals surface area contributed by atoms with Crippen molar-refractivity contribution in [3.63, 3.8) is 0 Å². The van der Waals surface area contributed by atoms with Crippen molar-refractivity contribution in [2.45, 2.75) is 5.92 Å². The molecule has 164 valence electrons. The maximum Gasteiger partial charge on any atom is 0.343 e. The van der Waals surface area contributed by atoms with Crippen molar-refractivity contribution in [3.8, 4) is 17.6 Å². The zero-order valence-electron chi connectivity index (χ0n) is 17.4. The number of ether oxygens (including phenoxy) is 3. The van der Waals surface area contributed by atoms with Gasteiger partial charge in [0.05, 0.1) is 24.2 Å². The van der Waals surface area contributed by atoms with Crippen molar-refractivity contribution >= 4 is 27.9 Å². The highest BCUT2D eigenvalue weighted by Gasteiger charge is 2.31. The summed E-state index contributed by atoms with van der Waals surface area (Å²) in [4.78, 5) is 24.2. The van der Waals surface area contributed by atoms with Gasteiger partial charge >= 0.3 is 11.9 Å². The van der Waals surface area contributed by atoms with Gasteiger partial charge in [0.15, 0.2) is 0 Å². The molecular formula is C25H17BrN2O5. The first kappa shape index (κ1) is 22.1. The summed E-state index contributed by atoms with van der Waals surface area (Å²) in [6, 6.07) is 20.5. The standard InChI is InChI=1S/C25H17BrN2O5/c1-31-24(29)15-4-2-14(3-5-15)22-19-11-10-18(12-21(19)33-23(28)20(22)13-27)32-25(30)16-6-8-17(26)9-7-16/h2-12,22H,28H2,1H3. The fourth-order valence-electron chi connectivity index (χ4n) is 3.52. The Labute approximate surface area is 198 Å². The van der Waals surface area contributed by atoms with Crippen LogP contribution in [0.1, 0.15) is 37.8 Å². The zero-order valence-corrected chi connectivity index (χ0v) is 19.0. The Hall–Kier alpha value is -4.09. The lowest BCUT2D eigenvalue weighted by Crippen LogP contribution is -2.21. The van der Waals surface area contributed by atoms with Crippen molar-refractivity contribution in [1.29, 1.82) is 5.26 Å². The number of nitrogens with zero attached hydrogens (tertiary/aromatic N) is 1. The van der Waals surface area contributed by atoms with Crippen LogP contribution >= 0.6 is 15.9 Å². The van der Waals surface area contributed by atoms with Crippen molar-refractivity contribution in [1.82, 2.24) is 0 Å². The van der Waals surface area contributed by atoms with Crippen LogP contribution in [0.25, 0.3) is 0 Å². The minimum absolute atomic E-state index is 0.0385. The third-order valence-corrected chi connectivity index (χ3v) is 5.67. The monoisotopic (exact) mass is 504 g/mol. The summed E-state index contributed by atoms with van der Waals surface area (Å²) in [5.74, 6) is -0.884. The molecule has 0 bridgehead atoms. The summed E-state index contributed by atoms with van der Waals surface area (Å²) in [7, 11) is 1.31. The third-order valence-electron chi connectivity index (χ3n) is 5.15. The summed E-state index contributed by atoms with van der Waals surface area (Å²) in [5, 5.41) is 9.70. The molecule has 33 heavy (non-hydrogen) atoms. The minimum atomic E-state index is -0.519. The predicted octanol–water partition coefficient (Wildman–Crippen LogP) is 4.67. The highest BCUT2D eigenvalue weighted by atomic mass is 79.9. The van der Waals surface area contributed by atoms with Crippen LogP contribution in [0.5, 0.6) is 11.5 Å². The average molecular weight is 505 g/mol. The number of esters is 2. The van der Waals surface area contributed by atoms with E-state index in [1.807, 2.05) is 0 Å². The van der Waals surface area contributed by atoms with Crippen LogP contribution in [0.4, 0.5) is 0 Å². The predicted molar refractivity (Wildman–Crippen MR) is 123 cm³/mol. The number of hydrogen-bond donors (Lipinski definition) is 1. The van der Waals surface area contributed by atoms with Crippen LogP contribution in [0.2, 0.25) is 0 Å². The van der Waals surface area contributed by atoms with Gasteiger partial charge in [-0.2, -0.15) is 5.26 Å². The maximum atomic E-state index is 12.5. The molecule has 0 amide bonds. The van der Waals surface area contributed by atoms with Gasteiger partial charge in [-0.1, -0.05) is 34.1 Å². The van der Waals surface area contributed by atoms with E-state index in [4.69, 9.17) is 19.9 Å². The molecule has 0 aromatic heterocycles. The Morgan fingerprint density at radius 3 is 2.27 bits per heavy atom. The molecule has 1 aliphatic heterocycles. The fraction of sp³-hybridized carbons (Fsp3) is 0.0800. The van der Waals surface area contributed by atoms with E-state index in [0.29, 0.717) is 22.4 Å². The highest BCUT2D eigenvalue weighted by molar-refractivity contribution is 9.10. The lowest BCUT2D eigenvalue weighted by Gasteiger charge is -2.26. The van der Waals surface area contributed by atoms with Gasteiger partial charge in [0.1, 0.15) is 23.1 Å². The molecule has 0 spiro atoms. The molecule has 3 aromatic rings. The second-order valence-electron chi connectivity index (χ2n) is 7.13. The van der Waals surface area contributed by atoms with Crippen LogP contribution in [0, 0.1) is 11.3 Å². The van der Waals surface area contributed by atoms with E-state index >= 15 is 0 Å². The number of hydrogen-bond acceptors (Lipinski definition) is 7. The normalized spacial score (nSPS) is 14.5. The molecule has 0 saturated heterocycles. The summed E-state index contributed by atoms with van der Waals surface area (Å²) >= 11 is 3.33. The first-order chi connectivity index (χ1) is 15.9. The molecule has 4 rings (SSSR count). The molecule has 8 heteroatoms. The van der Waals surface area contributed by atoms with Crippen molar-refractivity contribution in [2.75, 3.05) is 7.11 Å². The second-order valence-corrected chi connectivity index (χ2v) is 8.05. The van der Waals surface area contributed by atoms with Gasteiger partial charge in [0.2, 0.25) is 5.88 Å². The summed E-state index contributed by atoms with van der Waals surface area (Å²) in [6.45, 7) is 0. The minimum Gasteiger partial charge on any atom is -0.465 e. The van der Waals surface area contributed by atoms with Crippen molar-refractivity contribution in [2.24, 2.45) is 5.73 Å². The maximum absolute atomic E-state index is 12.5. The number of fused-ring (bicyclic) bond motifs is 1. The second kappa shape index (κ2) is 9.18. The third kappa shape index (κ3) is 4.45. The zero-order chi connectivity index (χ0) is 23.5. The molecule has 0 radical (unpaired) electrons. The van der Waals surface area contributed by atoms with Crippen LogP contribution in [-0.2, 0) is 4.74 Å². The van der Waals surface area contributed by atoms with E-state index in [1.54, 1.807) is 66.7 Å². The van der Waals surface area contributed by atoms with Crippen molar-refractivity contribution < 1.29 is 23.8 Å². The number of nitrogens with two attached hydrogens (primary N) is 1. The number of halogens is 1. The summed E-state index contributed by atoms with van der Waals surface area (Å²) in [6.07, 6.45) is 0. The van der Waals surface area contributed by atoms with Gasteiger partial charge in [0, 0.05) is 16.1 Å². The van der Waals surface area contributed by atoms with E-state index in [2.05, 4.69) is 22.0 Å². The molecular weight excluding hydrogens is 488 g/mol. The molecule has 1 unspecified atom stereocenters. The Morgan fingerprint density at radius 1 is 1.00 bits per heavy atom. The van der Waals surface area contributed by atoms with Gasteiger partial charge < -0.3 is 19.9 Å². The molecule has 1 atom stereocenters. The molecule has 0 aliphatic carbocycles. The average Bonchev–Trinajstić information content (AvgIpc) is 2.83. The van der Waals surface area contributed by atoms with Gasteiger partial charge in [0.25, 0.3) is 0 Å². The molecule has 1 heterocycles. The van der Waals surface area contributed by atoms with E-state index in [-0.39, 0.29) is 17.2 Å². The lowest BCUT2D eigenvalue weighted by molar-refractivity contribution is 0.0600. The van der Waals surface area contributed by atoms with Crippen LogP contribution < -0.4 is 15.2 Å². The number of benzene rings is 3. The van der Waals surface area contributed by atoms with E-state index < -0.39 is 17.9 Å². The number of rotatable bonds is 4. The van der Waals surface area contributed by atoms with E-state index in [9.17, 15) is 14.9 Å². The van der Waals surface area contributed by atoms with E-state index in [1.165, 1.54) is 7.11 Å². The lowest BCUT2D eigenvalue weighted by atomic mass is 9.83. The Kier molecular flexibility index (Phi) is 6.16. The Morgan fingerprint density at radius 2 is 1.64 bits per heavy atom. The van der Waals surface area contributed by atoms with Gasteiger partial charge in [-0.3, -0.25) is 0 Å². The first-order valence-electron chi connectivity index (χ1n) is 9.79. The van der Waals surface area contributed by atoms with Gasteiger partial charge in [-0.25, -0.2) is 9.59 Å². The number of nitriles is 1. The molecule has 3 aromatic carbocycles. The Balaban J connectivity index is 1.67. The SMILES string of the molecule is COC(=O)c1ccc(C2C(C#N)=C(N)Oc3cc(OC(=O)c4ccc(Br)cc4)ccc32)cc1. The largest absolute Gasteiger partial charge is 0.465 e. The number of carbonyl (C=O) groups is 2. The molecule has 0 fully saturated rings.